The summed E-state index contributed by atoms with van der Waals surface area (Å²) in [6.45, 7) is 9.02. The summed E-state index contributed by atoms with van der Waals surface area (Å²) in [4.78, 5) is 35.2. The monoisotopic (exact) mass is 360 g/mol. The summed E-state index contributed by atoms with van der Waals surface area (Å²) in [5, 5.41) is 0. The van der Waals surface area contributed by atoms with E-state index in [1.165, 1.54) is 0 Å². The highest BCUT2D eigenvalue weighted by atomic mass is 16.6. The Hall–Kier alpha value is -2.31. The van der Waals surface area contributed by atoms with Crippen LogP contribution in [0.3, 0.4) is 0 Å². The molecule has 1 unspecified atom stereocenters. The van der Waals surface area contributed by atoms with Gasteiger partial charge in [0.25, 0.3) is 0 Å². The maximum atomic E-state index is 13.0. The minimum absolute atomic E-state index is 0.0442. The maximum Gasteiger partial charge on any atom is 0.410 e. The zero-order valence-corrected chi connectivity index (χ0v) is 15.9. The van der Waals surface area contributed by atoms with E-state index in [2.05, 4.69) is 9.88 Å². The molecule has 26 heavy (non-hydrogen) atoms. The molecule has 7 heteroatoms. The van der Waals surface area contributed by atoms with Gasteiger partial charge in [0.1, 0.15) is 11.6 Å². The van der Waals surface area contributed by atoms with Gasteiger partial charge in [0.15, 0.2) is 0 Å². The second-order valence-electron chi connectivity index (χ2n) is 7.85. The lowest BCUT2D eigenvalue weighted by Crippen LogP contribution is -2.54. The fraction of sp³-hybridized carbons (Fsp3) is 0.632. The zero-order chi connectivity index (χ0) is 18.7. The number of anilines is 1. The fourth-order valence-corrected chi connectivity index (χ4v) is 3.51. The quantitative estimate of drug-likeness (QED) is 0.808. The molecule has 1 aromatic rings. The van der Waals surface area contributed by atoms with Crippen molar-refractivity contribution in [3.05, 3.63) is 24.5 Å². The molecule has 1 aromatic heterocycles. The largest absolute Gasteiger partial charge is 0.444 e. The second kappa shape index (κ2) is 7.51. The number of hydrogen-bond donors (Lipinski definition) is 0. The summed E-state index contributed by atoms with van der Waals surface area (Å²) in [6.07, 6.45) is 4.73. The molecule has 142 valence electrons. The summed E-state index contributed by atoms with van der Waals surface area (Å²) in [5.74, 6) is 0.0442. The Morgan fingerprint density at radius 2 is 1.73 bits per heavy atom. The van der Waals surface area contributed by atoms with E-state index in [1.54, 1.807) is 17.3 Å². The SMILES string of the molecule is CC(C)(C)OC(=O)N1CCCC1C(=O)N1CCN(c2ccncc2)CC1. The fourth-order valence-electron chi connectivity index (χ4n) is 3.51. The van der Waals surface area contributed by atoms with Crippen LogP contribution in [0.2, 0.25) is 0 Å². The first kappa shape index (κ1) is 18.5. The first-order valence-corrected chi connectivity index (χ1v) is 9.28. The van der Waals surface area contributed by atoms with Crippen LogP contribution >= 0.6 is 0 Å². The number of likely N-dealkylation sites (tertiary alicyclic amines) is 1. The van der Waals surface area contributed by atoms with Crippen LogP contribution in [-0.4, -0.2) is 71.2 Å². The highest BCUT2D eigenvalue weighted by Crippen LogP contribution is 2.23. The Bertz CT molecular complexity index is 636. The van der Waals surface area contributed by atoms with Gasteiger partial charge < -0.3 is 14.5 Å². The van der Waals surface area contributed by atoms with Gasteiger partial charge in [0, 0.05) is 50.8 Å². The molecule has 3 heterocycles. The topological polar surface area (TPSA) is 66.0 Å². The Morgan fingerprint density at radius 3 is 2.35 bits per heavy atom. The standard InChI is InChI=1S/C19H28N4O3/c1-19(2,3)26-18(25)23-10-4-5-16(23)17(24)22-13-11-21(12-14-22)15-6-8-20-9-7-15/h6-9,16H,4-5,10-14H2,1-3H3. The van der Waals surface area contributed by atoms with Gasteiger partial charge in [-0.15, -0.1) is 0 Å². The number of carbonyl (C=O) groups excluding carboxylic acids is 2. The number of rotatable bonds is 2. The van der Waals surface area contributed by atoms with Crippen LogP contribution in [0.1, 0.15) is 33.6 Å². The molecule has 2 aliphatic heterocycles. The Labute approximate surface area is 154 Å². The maximum absolute atomic E-state index is 13.0. The van der Waals surface area contributed by atoms with E-state index < -0.39 is 11.6 Å². The summed E-state index contributed by atoms with van der Waals surface area (Å²) in [5.41, 5.74) is 0.576. The average Bonchev–Trinajstić information content (AvgIpc) is 3.10. The number of carbonyl (C=O) groups is 2. The van der Waals surface area contributed by atoms with Crippen molar-refractivity contribution in [3.63, 3.8) is 0 Å². The van der Waals surface area contributed by atoms with Crippen LogP contribution in [0.5, 0.6) is 0 Å². The smallest absolute Gasteiger partial charge is 0.410 e. The summed E-state index contributed by atoms with van der Waals surface area (Å²) in [6, 6.07) is 3.58. The number of nitrogens with zero attached hydrogens (tertiary/aromatic N) is 4. The van der Waals surface area contributed by atoms with Crippen LogP contribution in [0.25, 0.3) is 0 Å². The summed E-state index contributed by atoms with van der Waals surface area (Å²) < 4.78 is 5.47. The molecule has 2 saturated heterocycles. The lowest BCUT2D eigenvalue weighted by Gasteiger charge is -2.38. The highest BCUT2D eigenvalue weighted by Gasteiger charge is 2.39. The van der Waals surface area contributed by atoms with Gasteiger partial charge in [-0.1, -0.05) is 0 Å². The highest BCUT2D eigenvalue weighted by molar-refractivity contribution is 5.86. The van der Waals surface area contributed by atoms with Gasteiger partial charge in [-0.3, -0.25) is 14.7 Å². The Balaban J connectivity index is 1.58. The Morgan fingerprint density at radius 1 is 1.08 bits per heavy atom. The number of piperazine rings is 1. The zero-order valence-electron chi connectivity index (χ0n) is 15.9. The molecule has 0 N–H and O–H groups in total. The molecular weight excluding hydrogens is 332 g/mol. The lowest BCUT2D eigenvalue weighted by atomic mass is 10.1. The molecule has 0 aliphatic carbocycles. The normalized spacial score (nSPS) is 21.0. The number of amides is 2. The number of aromatic nitrogens is 1. The number of hydrogen-bond acceptors (Lipinski definition) is 5. The van der Waals surface area contributed by atoms with Crippen LogP contribution in [0.15, 0.2) is 24.5 Å². The van der Waals surface area contributed by atoms with E-state index in [0.29, 0.717) is 26.1 Å². The molecule has 0 saturated carbocycles. The van der Waals surface area contributed by atoms with E-state index in [-0.39, 0.29) is 12.0 Å². The van der Waals surface area contributed by atoms with Gasteiger partial charge in [-0.05, 0) is 45.7 Å². The summed E-state index contributed by atoms with van der Waals surface area (Å²) in [7, 11) is 0. The van der Waals surface area contributed by atoms with Crippen molar-refractivity contribution in [1.29, 1.82) is 0 Å². The van der Waals surface area contributed by atoms with Crippen molar-refractivity contribution < 1.29 is 14.3 Å². The van der Waals surface area contributed by atoms with Gasteiger partial charge in [-0.2, -0.15) is 0 Å². The van der Waals surface area contributed by atoms with E-state index in [0.717, 1.165) is 25.2 Å². The molecule has 0 radical (unpaired) electrons. The number of pyridine rings is 1. The molecule has 2 aliphatic rings. The third-order valence-electron chi connectivity index (χ3n) is 4.79. The van der Waals surface area contributed by atoms with Crippen molar-refractivity contribution >= 4 is 17.7 Å². The van der Waals surface area contributed by atoms with E-state index in [1.807, 2.05) is 37.8 Å². The van der Waals surface area contributed by atoms with Crippen LogP contribution in [-0.2, 0) is 9.53 Å². The molecule has 1 atom stereocenters. The van der Waals surface area contributed by atoms with Crippen molar-refractivity contribution in [2.24, 2.45) is 0 Å². The molecule has 0 aromatic carbocycles. The number of ether oxygens (including phenoxy) is 1. The minimum Gasteiger partial charge on any atom is -0.444 e. The molecule has 2 amide bonds. The molecule has 2 fully saturated rings. The third kappa shape index (κ3) is 4.26. The van der Waals surface area contributed by atoms with Crippen LogP contribution < -0.4 is 4.90 Å². The van der Waals surface area contributed by atoms with E-state index in [4.69, 9.17) is 4.74 Å². The molecule has 0 spiro atoms. The Kier molecular flexibility index (Phi) is 5.34. The molecule has 7 nitrogen and oxygen atoms in total. The molecular formula is C19H28N4O3. The second-order valence-corrected chi connectivity index (χ2v) is 7.85. The van der Waals surface area contributed by atoms with Crippen molar-refractivity contribution in [1.82, 2.24) is 14.8 Å². The third-order valence-corrected chi connectivity index (χ3v) is 4.79. The van der Waals surface area contributed by atoms with Crippen molar-refractivity contribution in [3.8, 4) is 0 Å². The lowest BCUT2D eigenvalue weighted by molar-refractivity contribution is -0.136. The van der Waals surface area contributed by atoms with Crippen LogP contribution in [0.4, 0.5) is 10.5 Å². The van der Waals surface area contributed by atoms with Crippen LogP contribution in [0, 0.1) is 0 Å². The van der Waals surface area contributed by atoms with Gasteiger partial charge in [-0.25, -0.2) is 4.79 Å². The van der Waals surface area contributed by atoms with E-state index >= 15 is 0 Å². The molecule has 3 rings (SSSR count). The van der Waals surface area contributed by atoms with Gasteiger partial charge in [0.05, 0.1) is 0 Å². The van der Waals surface area contributed by atoms with Crippen molar-refractivity contribution in [2.75, 3.05) is 37.6 Å². The van der Waals surface area contributed by atoms with E-state index in [9.17, 15) is 9.59 Å². The minimum atomic E-state index is -0.552. The van der Waals surface area contributed by atoms with Gasteiger partial charge >= 0.3 is 6.09 Å². The van der Waals surface area contributed by atoms with Gasteiger partial charge in [0.2, 0.25) is 5.91 Å². The average molecular weight is 360 g/mol. The van der Waals surface area contributed by atoms with Crippen molar-refractivity contribution in [2.45, 2.75) is 45.3 Å². The first-order chi connectivity index (χ1) is 12.3. The summed E-state index contributed by atoms with van der Waals surface area (Å²) >= 11 is 0. The molecule has 0 bridgehead atoms. The predicted octanol–water partition coefficient (Wildman–Crippen LogP) is 2.13. The predicted molar refractivity (Wildman–Crippen MR) is 99.0 cm³/mol. The first-order valence-electron chi connectivity index (χ1n) is 9.28.